The quantitative estimate of drug-likeness (QED) is 0.547. The Kier molecular flexibility index (Phi) is 6.01. The Labute approximate surface area is 182 Å². The molecular weight excluding hydrogens is 422 g/mol. The van der Waals surface area contributed by atoms with Gasteiger partial charge in [0, 0.05) is 36.3 Å². The molecule has 1 fully saturated rings. The molecule has 2 aliphatic rings. The number of amides is 3. The van der Waals surface area contributed by atoms with E-state index in [9.17, 15) is 14.4 Å². The van der Waals surface area contributed by atoms with E-state index in [2.05, 4.69) is 30.7 Å². The molecule has 2 aromatic rings. The third-order valence-corrected chi connectivity index (χ3v) is 6.80. The maximum atomic E-state index is 13.0. The second kappa shape index (κ2) is 8.71. The third kappa shape index (κ3) is 4.74. The lowest BCUT2D eigenvalue weighted by molar-refractivity contribution is -0.138. The summed E-state index contributed by atoms with van der Waals surface area (Å²) < 4.78 is 5.31. The first kappa shape index (κ1) is 21.4. The Morgan fingerprint density at radius 2 is 2.00 bits per heavy atom. The van der Waals surface area contributed by atoms with Gasteiger partial charge in [0.1, 0.15) is 0 Å². The normalized spacial score (nSPS) is 23.7. The summed E-state index contributed by atoms with van der Waals surface area (Å²) in [6.45, 7) is 3.43. The molecule has 2 aromatic heterocycles. The van der Waals surface area contributed by atoms with Crippen LogP contribution >= 0.6 is 11.3 Å². The van der Waals surface area contributed by atoms with E-state index >= 15 is 0 Å². The Bertz CT molecular complexity index is 1000. The summed E-state index contributed by atoms with van der Waals surface area (Å²) in [5, 5.41) is 9.88. The molecule has 1 saturated carbocycles. The van der Waals surface area contributed by atoms with E-state index in [4.69, 9.17) is 10.3 Å². The molecule has 4 N–H and O–H groups in total. The maximum absolute atomic E-state index is 13.0. The van der Waals surface area contributed by atoms with E-state index in [-0.39, 0.29) is 11.8 Å². The summed E-state index contributed by atoms with van der Waals surface area (Å²) in [5.74, 6) is -1.25. The van der Waals surface area contributed by atoms with Crippen LogP contribution in [0.4, 0.5) is 0 Å². The number of fused-ring (bicyclic) bond motifs is 1. The monoisotopic (exact) mass is 447 g/mol. The van der Waals surface area contributed by atoms with Crippen molar-refractivity contribution in [1.29, 1.82) is 0 Å². The fourth-order valence-corrected chi connectivity index (χ4v) is 5.19. The molecule has 1 aliphatic heterocycles. The molecule has 3 atom stereocenters. The van der Waals surface area contributed by atoms with E-state index in [1.54, 1.807) is 6.92 Å². The minimum Gasteiger partial charge on any atom is -0.361 e. The molecule has 0 saturated heterocycles. The molecule has 0 unspecified atom stereocenters. The maximum Gasteiger partial charge on any atom is 0.309 e. The van der Waals surface area contributed by atoms with Crippen molar-refractivity contribution < 1.29 is 18.9 Å². The zero-order valence-corrected chi connectivity index (χ0v) is 18.2. The average molecular weight is 448 g/mol. The van der Waals surface area contributed by atoms with Crippen molar-refractivity contribution in [2.45, 2.75) is 57.2 Å². The number of thiazole rings is 1. The van der Waals surface area contributed by atoms with Crippen molar-refractivity contribution in [3.8, 4) is 0 Å². The van der Waals surface area contributed by atoms with Crippen LogP contribution in [0.1, 0.15) is 57.3 Å². The summed E-state index contributed by atoms with van der Waals surface area (Å²) in [6, 6.07) is -0.879. The van der Waals surface area contributed by atoms with Gasteiger partial charge in [0.05, 0.1) is 11.7 Å². The van der Waals surface area contributed by atoms with Crippen molar-refractivity contribution in [1.82, 2.24) is 30.7 Å². The Morgan fingerprint density at radius 1 is 1.19 bits per heavy atom. The highest BCUT2D eigenvalue weighted by atomic mass is 32.1. The summed E-state index contributed by atoms with van der Waals surface area (Å²) in [4.78, 5) is 48.2. The Hall–Kier alpha value is -2.86. The molecule has 31 heavy (non-hydrogen) atoms. The summed E-state index contributed by atoms with van der Waals surface area (Å²) in [7, 11) is 2.04. The molecular formula is C19H25N7O4S. The molecule has 3 heterocycles. The number of nitrogens with one attached hydrogen (secondary N) is 2. The zero-order valence-electron chi connectivity index (χ0n) is 17.4. The lowest BCUT2D eigenvalue weighted by atomic mass is 9.82. The second-order valence-corrected chi connectivity index (χ2v) is 9.17. The van der Waals surface area contributed by atoms with E-state index in [1.165, 1.54) is 11.3 Å². The van der Waals surface area contributed by atoms with Crippen LogP contribution in [0.25, 0.3) is 0 Å². The standard InChI is InChI=1S/C19H25N7O4S/c1-9-21-18(30-25-9)10-3-4-11(22-16(28)15(20)27)13(7-10)23-17(29)19-24-12-5-6-26(2)8-14(12)31-19/h10-11,13H,3-8H2,1-2H3,(H2,20,27)(H,22,28)(H,23,29)/t10-,11-,13+/m0/s1. The molecule has 3 amide bonds. The van der Waals surface area contributed by atoms with Gasteiger partial charge in [-0.05, 0) is 33.2 Å². The number of aryl methyl sites for hydroxylation is 1. The number of carbonyl (C=O) groups is 3. The van der Waals surface area contributed by atoms with E-state index in [0.29, 0.717) is 36.0 Å². The number of primary amides is 1. The van der Waals surface area contributed by atoms with Gasteiger partial charge in [0.15, 0.2) is 10.8 Å². The molecule has 4 rings (SSSR count). The summed E-state index contributed by atoms with van der Waals surface area (Å²) in [6.07, 6.45) is 2.48. The van der Waals surface area contributed by atoms with Gasteiger partial charge in [-0.15, -0.1) is 11.3 Å². The van der Waals surface area contributed by atoms with Gasteiger partial charge in [0.2, 0.25) is 5.89 Å². The number of aromatic nitrogens is 3. The van der Waals surface area contributed by atoms with Crippen molar-refractivity contribution in [2.24, 2.45) is 5.73 Å². The minimum atomic E-state index is -1.06. The first-order valence-electron chi connectivity index (χ1n) is 10.2. The predicted octanol–water partition coefficient (Wildman–Crippen LogP) is -0.141. The number of carbonyl (C=O) groups excluding carboxylic acids is 3. The van der Waals surface area contributed by atoms with E-state index < -0.39 is 23.9 Å². The van der Waals surface area contributed by atoms with Crippen molar-refractivity contribution in [3.05, 3.63) is 27.3 Å². The molecule has 11 nitrogen and oxygen atoms in total. The van der Waals surface area contributed by atoms with Gasteiger partial charge in [0.25, 0.3) is 5.91 Å². The Morgan fingerprint density at radius 3 is 2.71 bits per heavy atom. The summed E-state index contributed by atoms with van der Waals surface area (Å²) in [5.41, 5.74) is 6.06. The van der Waals surface area contributed by atoms with E-state index in [0.717, 1.165) is 30.1 Å². The smallest absolute Gasteiger partial charge is 0.309 e. The van der Waals surface area contributed by atoms with Gasteiger partial charge >= 0.3 is 11.8 Å². The number of likely N-dealkylation sites (N-methyl/N-ethyl adjacent to an activating group) is 1. The lowest BCUT2D eigenvalue weighted by Gasteiger charge is -2.35. The highest BCUT2D eigenvalue weighted by Crippen LogP contribution is 2.33. The molecule has 12 heteroatoms. The first-order valence-corrected chi connectivity index (χ1v) is 11.0. The number of hydrogen-bond donors (Lipinski definition) is 3. The lowest BCUT2D eigenvalue weighted by Crippen LogP contribution is -2.56. The molecule has 1 aliphatic carbocycles. The van der Waals surface area contributed by atoms with Crippen LogP contribution in [-0.2, 0) is 22.6 Å². The van der Waals surface area contributed by atoms with Crippen LogP contribution in [-0.4, -0.2) is 63.4 Å². The van der Waals surface area contributed by atoms with E-state index in [1.807, 2.05) is 7.05 Å². The van der Waals surface area contributed by atoms with Crippen LogP contribution < -0.4 is 16.4 Å². The fraction of sp³-hybridized carbons (Fsp3) is 0.579. The molecule has 166 valence electrons. The molecule has 0 spiro atoms. The van der Waals surface area contributed by atoms with Crippen molar-refractivity contribution in [2.75, 3.05) is 13.6 Å². The van der Waals surface area contributed by atoms with Crippen LogP contribution in [0.15, 0.2) is 4.52 Å². The van der Waals surface area contributed by atoms with Gasteiger partial charge in [-0.1, -0.05) is 5.16 Å². The van der Waals surface area contributed by atoms with Gasteiger partial charge < -0.3 is 25.8 Å². The topological polar surface area (TPSA) is 156 Å². The SMILES string of the molecule is Cc1noc([C@H]2CC[C@H](NC(=O)C(N)=O)[C@H](NC(=O)c3nc4c(s3)CN(C)CC4)C2)n1. The number of hydrogen-bond acceptors (Lipinski definition) is 9. The van der Waals surface area contributed by atoms with Crippen molar-refractivity contribution >= 4 is 29.1 Å². The van der Waals surface area contributed by atoms with Gasteiger partial charge in [-0.3, -0.25) is 14.4 Å². The number of nitrogens with zero attached hydrogens (tertiary/aromatic N) is 4. The molecule has 0 bridgehead atoms. The van der Waals surface area contributed by atoms with Gasteiger partial charge in [-0.25, -0.2) is 4.98 Å². The highest BCUT2D eigenvalue weighted by Gasteiger charge is 2.36. The van der Waals surface area contributed by atoms with Crippen LogP contribution in [0, 0.1) is 6.92 Å². The Balaban J connectivity index is 1.51. The van der Waals surface area contributed by atoms with Crippen LogP contribution in [0.2, 0.25) is 0 Å². The second-order valence-electron chi connectivity index (χ2n) is 8.09. The van der Waals surface area contributed by atoms with Crippen LogP contribution in [0.5, 0.6) is 0 Å². The van der Waals surface area contributed by atoms with Gasteiger partial charge in [-0.2, -0.15) is 4.98 Å². The van der Waals surface area contributed by atoms with Crippen LogP contribution in [0.3, 0.4) is 0 Å². The van der Waals surface area contributed by atoms with Crippen molar-refractivity contribution in [3.63, 3.8) is 0 Å². The fourth-order valence-electron chi connectivity index (χ4n) is 4.10. The average Bonchev–Trinajstić information content (AvgIpc) is 3.35. The highest BCUT2D eigenvalue weighted by molar-refractivity contribution is 7.13. The first-order chi connectivity index (χ1) is 14.8. The number of nitrogens with two attached hydrogens (primary N) is 1. The molecule has 0 radical (unpaired) electrons. The molecule has 0 aromatic carbocycles. The minimum absolute atomic E-state index is 0.0635. The summed E-state index contributed by atoms with van der Waals surface area (Å²) >= 11 is 1.39. The largest absolute Gasteiger partial charge is 0.361 e. The zero-order chi connectivity index (χ0) is 22.1. The number of rotatable bonds is 4. The predicted molar refractivity (Wildman–Crippen MR) is 110 cm³/mol. The third-order valence-electron chi connectivity index (χ3n) is 5.72.